The number of pyridine rings is 1. The standard InChI is InChI=1S/C21H18IN5O2/c1-28-20-10-19-15(9-17(20)23)21(26-12-25-19)27-18-6-5-14(8-16(18)22)29-11-13-4-2-3-7-24-13/h2-10,12H,11,23H2,1H3,(H,25,26,27). The smallest absolute Gasteiger partial charge is 0.143 e. The van der Waals surface area contributed by atoms with Crippen LogP contribution in [0.25, 0.3) is 10.9 Å². The van der Waals surface area contributed by atoms with Gasteiger partial charge in [-0.05, 0) is 59.0 Å². The van der Waals surface area contributed by atoms with Crippen LogP contribution in [0.1, 0.15) is 5.69 Å². The van der Waals surface area contributed by atoms with E-state index in [1.165, 1.54) is 6.33 Å². The van der Waals surface area contributed by atoms with Gasteiger partial charge < -0.3 is 20.5 Å². The Hall–Kier alpha value is -3.14. The van der Waals surface area contributed by atoms with Gasteiger partial charge in [0.1, 0.15) is 30.3 Å². The van der Waals surface area contributed by atoms with Gasteiger partial charge in [0.2, 0.25) is 0 Å². The molecule has 0 amide bonds. The van der Waals surface area contributed by atoms with Crippen molar-refractivity contribution < 1.29 is 9.47 Å². The van der Waals surface area contributed by atoms with Gasteiger partial charge in [0.15, 0.2) is 0 Å². The molecule has 0 aliphatic rings. The Bertz CT molecular complexity index is 1150. The third-order valence-electron chi connectivity index (χ3n) is 4.29. The van der Waals surface area contributed by atoms with Crippen LogP contribution >= 0.6 is 22.6 Å². The second kappa shape index (κ2) is 8.48. The molecule has 0 bridgehead atoms. The Morgan fingerprint density at radius 2 is 1.97 bits per heavy atom. The molecule has 4 aromatic rings. The van der Waals surface area contributed by atoms with Crippen molar-refractivity contribution in [3.63, 3.8) is 0 Å². The van der Waals surface area contributed by atoms with Crippen molar-refractivity contribution in [2.75, 3.05) is 18.2 Å². The Balaban J connectivity index is 1.56. The van der Waals surface area contributed by atoms with Crippen LogP contribution in [-0.4, -0.2) is 22.1 Å². The first-order valence-corrected chi connectivity index (χ1v) is 9.89. The fraction of sp³-hybridized carbons (Fsp3) is 0.0952. The molecular formula is C21H18IN5O2. The zero-order valence-electron chi connectivity index (χ0n) is 15.6. The SMILES string of the molecule is COc1cc2ncnc(Nc3ccc(OCc4ccccn4)cc3I)c2cc1N. The molecule has 0 atom stereocenters. The summed E-state index contributed by atoms with van der Waals surface area (Å²) in [5.41, 5.74) is 9.13. The molecule has 0 aliphatic carbocycles. The molecule has 0 aliphatic heterocycles. The average molecular weight is 499 g/mol. The summed E-state index contributed by atoms with van der Waals surface area (Å²) in [7, 11) is 1.58. The van der Waals surface area contributed by atoms with Gasteiger partial charge in [-0.2, -0.15) is 0 Å². The minimum absolute atomic E-state index is 0.418. The highest BCUT2D eigenvalue weighted by Gasteiger charge is 2.11. The van der Waals surface area contributed by atoms with Crippen LogP contribution in [-0.2, 0) is 6.61 Å². The Morgan fingerprint density at radius 1 is 1.07 bits per heavy atom. The van der Waals surface area contributed by atoms with E-state index < -0.39 is 0 Å². The quantitative estimate of drug-likeness (QED) is 0.297. The van der Waals surface area contributed by atoms with Crippen molar-refractivity contribution in [2.24, 2.45) is 0 Å². The minimum Gasteiger partial charge on any atom is -0.495 e. The highest BCUT2D eigenvalue weighted by atomic mass is 127. The number of nitrogens with zero attached hydrogens (tertiary/aromatic N) is 3. The first kappa shape index (κ1) is 19.2. The first-order valence-electron chi connectivity index (χ1n) is 8.81. The second-order valence-corrected chi connectivity index (χ2v) is 7.37. The molecule has 146 valence electrons. The molecule has 7 nitrogen and oxygen atoms in total. The lowest BCUT2D eigenvalue weighted by Gasteiger charge is -2.13. The van der Waals surface area contributed by atoms with E-state index in [2.05, 4.69) is 42.9 Å². The van der Waals surface area contributed by atoms with Crippen molar-refractivity contribution in [2.45, 2.75) is 6.61 Å². The van der Waals surface area contributed by atoms with E-state index in [1.54, 1.807) is 19.4 Å². The highest BCUT2D eigenvalue weighted by molar-refractivity contribution is 14.1. The van der Waals surface area contributed by atoms with Crippen LogP contribution in [0.15, 0.2) is 61.1 Å². The lowest BCUT2D eigenvalue weighted by Crippen LogP contribution is -2.01. The number of fused-ring (bicyclic) bond motifs is 1. The summed E-state index contributed by atoms with van der Waals surface area (Å²) in [5.74, 6) is 2.03. The lowest BCUT2D eigenvalue weighted by molar-refractivity contribution is 0.301. The Labute approximate surface area is 181 Å². The van der Waals surface area contributed by atoms with E-state index in [-0.39, 0.29) is 0 Å². The van der Waals surface area contributed by atoms with Gasteiger partial charge >= 0.3 is 0 Å². The van der Waals surface area contributed by atoms with Gasteiger partial charge in [0.05, 0.1) is 29.7 Å². The van der Waals surface area contributed by atoms with Crippen molar-refractivity contribution >= 4 is 50.7 Å². The van der Waals surface area contributed by atoms with Crippen LogP contribution in [0.2, 0.25) is 0 Å². The highest BCUT2D eigenvalue weighted by Crippen LogP contribution is 2.32. The number of ether oxygens (including phenoxy) is 2. The molecule has 2 aromatic carbocycles. The van der Waals surface area contributed by atoms with E-state index in [9.17, 15) is 0 Å². The van der Waals surface area contributed by atoms with Crippen LogP contribution in [0.4, 0.5) is 17.2 Å². The summed E-state index contributed by atoms with van der Waals surface area (Å²) in [4.78, 5) is 13.0. The summed E-state index contributed by atoms with van der Waals surface area (Å²) >= 11 is 2.26. The Kier molecular flexibility index (Phi) is 5.61. The fourth-order valence-corrected chi connectivity index (χ4v) is 3.45. The molecule has 3 N–H and O–H groups in total. The minimum atomic E-state index is 0.418. The number of aromatic nitrogens is 3. The topological polar surface area (TPSA) is 95.2 Å². The van der Waals surface area contributed by atoms with Crippen LogP contribution in [0.3, 0.4) is 0 Å². The molecule has 0 fully saturated rings. The number of anilines is 3. The predicted octanol–water partition coefficient (Wildman–Crippen LogP) is 4.54. The lowest BCUT2D eigenvalue weighted by atomic mass is 10.2. The molecule has 0 spiro atoms. The first-order chi connectivity index (χ1) is 14.1. The van der Waals surface area contributed by atoms with E-state index in [0.717, 1.165) is 31.6 Å². The second-order valence-electron chi connectivity index (χ2n) is 6.21. The van der Waals surface area contributed by atoms with E-state index in [0.29, 0.717) is 23.9 Å². The van der Waals surface area contributed by atoms with Gasteiger partial charge in [-0.15, -0.1) is 0 Å². The number of nitrogens with one attached hydrogen (secondary N) is 1. The van der Waals surface area contributed by atoms with Crippen molar-refractivity contribution in [3.05, 3.63) is 70.3 Å². The summed E-state index contributed by atoms with van der Waals surface area (Å²) in [6.45, 7) is 0.418. The third kappa shape index (κ3) is 4.32. The van der Waals surface area contributed by atoms with Gasteiger partial charge in [0.25, 0.3) is 0 Å². The maximum atomic E-state index is 6.06. The molecule has 29 heavy (non-hydrogen) atoms. The number of nitrogens with two attached hydrogens (primary N) is 1. The maximum Gasteiger partial charge on any atom is 0.143 e. The monoisotopic (exact) mass is 499 g/mol. The van der Waals surface area contributed by atoms with Crippen molar-refractivity contribution in [1.82, 2.24) is 15.0 Å². The number of halogens is 1. The molecule has 0 unspecified atom stereocenters. The zero-order valence-corrected chi connectivity index (χ0v) is 17.8. The van der Waals surface area contributed by atoms with Crippen molar-refractivity contribution in [1.29, 1.82) is 0 Å². The van der Waals surface area contributed by atoms with Crippen molar-refractivity contribution in [3.8, 4) is 11.5 Å². The van der Waals surface area contributed by atoms with E-state index >= 15 is 0 Å². The van der Waals surface area contributed by atoms with Crippen LogP contribution in [0.5, 0.6) is 11.5 Å². The van der Waals surface area contributed by atoms with Gasteiger partial charge in [-0.3, -0.25) is 4.98 Å². The molecule has 0 radical (unpaired) electrons. The maximum absolute atomic E-state index is 6.06. The summed E-state index contributed by atoms with van der Waals surface area (Å²) in [6.07, 6.45) is 3.27. The molecular weight excluding hydrogens is 481 g/mol. The largest absolute Gasteiger partial charge is 0.495 e. The molecule has 2 aromatic heterocycles. The number of benzene rings is 2. The third-order valence-corrected chi connectivity index (χ3v) is 5.19. The fourth-order valence-electron chi connectivity index (χ4n) is 2.83. The van der Waals surface area contributed by atoms with Gasteiger partial charge in [-0.1, -0.05) is 6.07 Å². The number of nitrogen functional groups attached to an aromatic ring is 1. The zero-order chi connectivity index (χ0) is 20.2. The van der Waals surface area contributed by atoms with E-state index in [1.807, 2.05) is 42.5 Å². The van der Waals surface area contributed by atoms with E-state index in [4.69, 9.17) is 15.2 Å². The summed E-state index contributed by atoms with van der Waals surface area (Å²) < 4.78 is 12.1. The van der Waals surface area contributed by atoms with Crippen LogP contribution < -0.4 is 20.5 Å². The van der Waals surface area contributed by atoms with Crippen LogP contribution in [0, 0.1) is 3.57 Å². The van der Waals surface area contributed by atoms with Gasteiger partial charge in [0, 0.05) is 21.2 Å². The number of hydrogen-bond donors (Lipinski definition) is 2. The molecule has 4 rings (SSSR count). The molecule has 8 heteroatoms. The average Bonchev–Trinajstić information content (AvgIpc) is 2.74. The normalized spacial score (nSPS) is 10.7. The Morgan fingerprint density at radius 3 is 2.72 bits per heavy atom. The number of hydrogen-bond acceptors (Lipinski definition) is 7. The number of methoxy groups -OCH3 is 1. The molecule has 0 saturated carbocycles. The number of rotatable bonds is 6. The molecule has 2 heterocycles. The summed E-state index contributed by atoms with van der Waals surface area (Å²) in [6, 6.07) is 15.2. The predicted molar refractivity (Wildman–Crippen MR) is 122 cm³/mol. The summed E-state index contributed by atoms with van der Waals surface area (Å²) in [5, 5.41) is 4.17. The molecule has 0 saturated heterocycles. The van der Waals surface area contributed by atoms with Gasteiger partial charge in [-0.25, -0.2) is 9.97 Å².